The molecule has 3 heteroatoms. The zero-order valence-corrected chi connectivity index (χ0v) is 8.45. The number of benzene rings is 2. The van der Waals surface area contributed by atoms with Crippen LogP contribution in [0.2, 0.25) is 0 Å². The summed E-state index contributed by atoms with van der Waals surface area (Å²) in [7, 11) is 0. The Morgan fingerprint density at radius 2 is 2.00 bits per heavy atom. The molecular formula is C13H9F2N. The molecule has 0 heterocycles. The molecule has 0 N–H and O–H groups in total. The molecule has 0 radical (unpaired) electrons. The molecule has 2 aromatic rings. The minimum Gasteiger partial charge on any atom is -0.205 e. The van der Waals surface area contributed by atoms with Gasteiger partial charge < -0.3 is 0 Å². The zero-order chi connectivity index (χ0) is 11.5. The molecule has 0 saturated carbocycles. The third-order valence-corrected chi connectivity index (χ3v) is 2.52. The third kappa shape index (κ3) is 1.87. The zero-order valence-electron chi connectivity index (χ0n) is 8.45. The van der Waals surface area contributed by atoms with E-state index < -0.39 is 6.43 Å². The Kier molecular flexibility index (Phi) is 2.82. The molecule has 0 bridgehead atoms. The summed E-state index contributed by atoms with van der Waals surface area (Å²) in [5, 5.41) is 10.3. The van der Waals surface area contributed by atoms with Crippen molar-refractivity contribution in [3.8, 4) is 6.07 Å². The topological polar surface area (TPSA) is 23.8 Å². The lowest BCUT2D eigenvalue weighted by molar-refractivity contribution is 0.151. The first-order valence-electron chi connectivity index (χ1n) is 4.89. The van der Waals surface area contributed by atoms with E-state index in [-0.39, 0.29) is 5.56 Å². The van der Waals surface area contributed by atoms with Crippen molar-refractivity contribution in [2.75, 3.05) is 0 Å². The SMILES string of the molecule is N#CCc1cccc2cc(C(F)F)ccc12. The molecule has 0 amide bonds. The smallest absolute Gasteiger partial charge is 0.205 e. The first-order chi connectivity index (χ1) is 7.72. The van der Waals surface area contributed by atoms with Crippen LogP contribution in [-0.2, 0) is 6.42 Å². The predicted octanol–water partition coefficient (Wildman–Crippen LogP) is 3.84. The molecule has 80 valence electrons. The van der Waals surface area contributed by atoms with Crippen LogP contribution in [0.15, 0.2) is 36.4 Å². The van der Waals surface area contributed by atoms with Crippen molar-refractivity contribution in [2.24, 2.45) is 0 Å². The van der Waals surface area contributed by atoms with Gasteiger partial charge in [0.2, 0.25) is 0 Å². The lowest BCUT2D eigenvalue weighted by Crippen LogP contribution is -1.88. The molecule has 0 atom stereocenters. The summed E-state index contributed by atoms with van der Waals surface area (Å²) in [6, 6.07) is 12.0. The molecule has 0 spiro atoms. The number of rotatable bonds is 2. The van der Waals surface area contributed by atoms with E-state index in [9.17, 15) is 8.78 Å². The van der Waals surface area contributed by atoms with Crippen LogP contribution < -0.4 is 0 Å². The van der Waals surface area contributed by atoms with Gasteiger partial charge in [0.1, 0.15) is 0 Å². The van der Waals surface area contributed by atoms with E-state index in [2.05, 4.69) is 6.07 Å². The first kappa shape index (κ1) is 10.6. The van der Waals surface area contributed by atoms with Crippen molar-refractivity contribution in [2.45, 2.75) is 12.8 Å². The van der Waals surface area contributed by atoms with E-state index in [1.54, 1.807) is 18.2 Å². The number of alkyl halides is 2. The summed E-state index contributed by atoms with van der Waals surface area (Å²) >= 11 is 0. The third-order valence-electron chi connectivity index (χ3n) is 2.52. The number of hydrogen-bond acceptors (Lipinski definition) is 1. The van der Waals surface area contributed by atoms with Gasteiger partial charge in [-0.05, 0) is 22.4 Å². The fourth-order valence-corrected chi connectivity index (χ4v) is 1.74. The van der Waals surface area contributed by atoms with Gasteiger partial charge in [-0.25, -0.2) is 8.78 Å². The summed E-state index contributed by atoms with van der Waals surface area (Å²) < 4.78 is 25.0. The Labute approximate surface area is 91.9 Å². The molecule has 0 saturated heterocycles. The number of fused-ring (bicyclic) bond motifs is 1. The Hall–Kier alpha value is -1.95. The van der Waals surface area contributed by atoms with E-state index >= 15 is 0 Å². The fraction of sp³-hybridized carbons (Fsp3) is 0.154. The number of nitrogens with zero attached hydrogens (tertiary/aromatic N) is 1. The maximum Gasteiger partial charge on any atom is 0.263 e. The van der Waals surface area contributed by atoms with Gasteiger partial charge in [-0.2, -0.15) is 5.26 Å². The highest BCUT2D eigenvalue weighted by Gasteiger charge is 2.08. The second-order valence-electron chi connectivity index (χ2n) is 3.53. The number of hydrogen-bond donors (Lipinski definition) is 0. The Balaban J connectivity index is 2.60. The van der Waals surface area contributed by atoms with Crippen LogP contribution in [0.3, 0.4) is 0 Å². The number of nitriles is 1. The van der Waals surface area contributed by atoms with E-state index in [0.717, 1.165) is 16.3 Å². The minimum atomic E-state index is -2.45. The van der Waals surface area contributed by atoms with Gasteiger partial charge in [-0.3, -0.25) is 0 Å². The Morgan fingerprint density at radius 1 is 1.19 bits per heavy atom. The van der Waals surface area contributed by atoms with E-state index in [0.29, 0.717) is 6.42 Å². The maximum atomic E-state index is 12.5. The Bertz CT molecular complexity index is 555. The van der Waals surface area contributed by atoms with Gasteiger partial charge in [-0.15, -0.1) is 0 Å². The van der Waals surface area contributed by atoms with Gasteiger partial charge in [-0.1, -0.05) is 30.3 Å². The van der Waals surface area contributed by atoms with E-state index in [1.165, 1.54) is 12.1 Å². The summed E-state index contributed by atoms with van der Waals surface area (Å²) in [5.41, 5.74) is 0.891. The molecular weight excluding hydrogens is 208 g/mol. The van der Waals surface area contributed by atoms with Crippen molar-refractivity contribution >= 4 is 10.8 Å². The number of halogens is 2. The van der Waals surface area contributed by atoms with Gasteiger partial charge in [0, 0.05) is 5.56 Å². The minimum absolute atomic E-state index is 0.0154. The maximum absolute atomic E-state index is 12.5. The van der Waals surface area contributed by atoms with E-state index in [4.69, 9.17) is 5.26 Å². The molecule has 0 unspecified atom stereocenters. The van der Waals surface area contributed by atoms with Crippen LogP contribution in [0.25, 0.3) is 10.8 Å². The summed E-state index contributed by atoms with van der Waals surface area (Å²) in [5.74, 6) is 0. The summed E-state index contributed by atoms with van der Waals surface area (Å²) in [6.45, 7) is 0. The fourth-order valence-electron chi connectivity index (χ4n) is 1.74. The molecule has 2 aromatic carbocycles. The highest BCUT2D eigenvalue weighted by Crippen LogP contribution is 2.25. The molecule has 1 nitrogen and oxygen atoms in total. The van der Waals surface area contributed by atoms with E-state index in [1.807, 2.05) is 6.07 Å². The summed E-state index contributed by atoms with van der Waals surface area (Å²) in [6.07, 6.45) is -2.16. The molecule has 2 rings (SSSR count). The second-order valence-corrected chi connectivity index (χ2v) is 3.53. The van der Waals surface area contributed by atoms with Crippen LogP contribution in [0, 0.1) is 11.3 Å². The monoisotopic (exact) mass is 217 g/mol. The van der Waals surface area contributed by atoms with Crippen molar-refractivity contribution in [1.29, 1.82) is 5.26 Å². The molecule has 0 aromatic heterocycles. The van der Waals surface area contributed by atoms with Crippen molar-refractivity contribution in [3.05, 3.63) is 47.5 Å². The van der Waals surface area contributed by atoms with Gasteiger partial charge in [0.15, 0.2) is 0 Å². The standard InChI is InChI=1S/C13H9F2N/c14-13(15)11-4-5-12-9(6-7-16)2-1-3-10(12)8-11/h1-5,8,13H,6H2. The molecule has 0 fully saturated rings. The second kappa shape index (κ2) is 4.28. The first-order valence-corrected chi connectivity index (χ1v) is 4.89. The molecule has 0 aliphatic carbocycles. The average molecular weight is 217 g/mol. The van der Waals surface area contributed by atoms with Gasteiger partial charge in [0.25, 0.3) is 6.43 Å². The van der Waals surface area contributed by atoms with Crippen molar-refractivity contribution < 1.29 is 8.78 Å². The van der Waals surface area contributed by atoms with Gasteiger partial charge >= 0.3 is 0 Å². The van der Waals surface area contributed by atoms with Crippen LogP contribution in [0.4, 0.5) is 8.78 Å². The largest absolute Gasteiger partial charge is 0.263 e. The van der Waals surface area contributed by atoms with Crippen LogP contribution in [0.1, 0.15) is 17.6 Å². The highest BCUT2D eigenvalue weighted by molar-refractivity contribution is 5.86. The van der Waals surface area contributed by atoms with Crippen LogP contribution in [0.5, 0.6) is 0 Å². The normalized spacial score (nSPS) is 10.6. The van der Waals surface area contributed by atoms with Gasteiger partial charge in [0.05, 0.1) is 12.5 Å². The van der Waals surface area contributed by atoms with Crippen LogP contribution >= 0.6 is 0 Å². The molecule has 16 heavy (non-hydrogen) atoms. The quantitative estimate of drug-likeness (QED) is 0.749. The lowest BCUT2D eigenvalue weighted by Gasteiger charge is -2.05. The lowest BCUT2D eigenvalue weighted by atomic mass is 10.0. The summed E-state index contributed by atoms with van der Waals surface area (Å²) in [4.78, 5) is 0. The van der Waals surface area contributed by atoms with Crippen molar-refractivity contribution in [1.82, 2.24) is 0 Å². The highest BCUT2D eigenvalue weighted by atomic mass is 19.3. The van der Waals surface area contributed by atoms with Crippen molar-refractivity contribution in [3.63, 3.8) is 0 Å². The molecule has 0 aliphatic heterocycles. The molecule has 0 aliphatic rings. The average Bonchev–Trinajstić information content (AvgIpc) is 2.29. The van der Waals surface area contributed by atoms with Crippen LogP contribution in [-0.4, -0.2) is 0 Å². The Morgan fingerprint density at radius 3 is 2.69 bits per heavy atom. The predicted molar refractivity (Wildman–Crippen MR) is 58.2 cm³/mol.